The molecule has 5 heterocycles. The molecule has 262 valence electrons. The van der Waals surface area contributed by atoms with Crippen LogP contribution in [0.5, 0.6) is 0 Å². The highest BCUT2D eigenvalue weighted by Gasteiger charge is 2.50. The molecule has 18 atom stereocenters. The smallest absolute Gasteiger partial charge is 0.187 e. The van der Waals surface area contributed by atoms with Crippen molar-refractivity contribution in [2.24, 2.45) is 5.92 Å². The van der Waals surface area contributed by atoms with Crippen LogP contribution in [0.15, 0.2) is 0 Å². The summed E-state index contributed by atoms with van der Waals surface area (Å²) in [4.78, 5) is 0. The Labute approximate surface area is 258 Å². The Balaban J connectivity index is 1.21. The van der Waals surface area contributed by atoms with E-state index >= 15 is 0 Å². The molecule has 5 aliphatic rings. The van der Waals surface area contributed by atoms with Gasteiger partial charge in [-0.25, -0.2) is 0 Å². The molecule has 0 bridgehead atoms. The van der Waals surface area contributed by atoms with Gasteiger partial charge < -0.3 is 88.6 Å². The largest absolute Gasteiger partial charge is 0.394 e. The highest BCUT2D eigenvalue weighted by molar-refractivity contribution is 4.94. The summed E-state index contributed by atoms with van der Waals surface area (Å²) in [7, 11) is 0. The van der Waals surface area contributed by atoms with Crippen molar-refractivity contribution in [2.45, 2.75) is 118 Å². The van der Waals surface area contributed by atoms with E-state index < -0.39 is 111 Å². The highest BCUT2D eigenvalue weighted by Crippen LogP contribution is 2.31. The Morgan fingerprint density at radius 1 is 0.600 bits per heavy atom. The van der Waals surface area contributed by atoms with Crippen LogP contribution < -0.4 is 0 Å². The maximum Gasteiger partial charge on any atom is 0.187 e. The van der Waals surface area contributed by atoms with E-state index in [1.54, 1.807) is 0 Å². The van der Waals surface area contributed by atoms with E-state index in [2.05, 4.69) is 0 Å². The minimum atomic E-state index is -1.61. The second-order valence-electron chi connectivity index (χ2n) is 12.2. The zero-order chi connectivity index (χ0) is 32.4. The van der Waals surface area contributed by atoms with Gasteiger partial charge in [-0.2, -0.15) is 0 Å². The van der Waals surface area contributed by atoms with Gasteiger partial charge in [-0.1, -0.05) is 6.92 Å². The summed E-state index contributed by atoms with van der Waals surface area (Å²) in [6, 6.07) is 0. The molecular weight excluding hydrogens is 612 g/mol. The lowest BCUT2D eigenvalue weighted by molar-refractivity contribution is -0.323. The summed E-state index contributed by atoms with van der Waals surface area (Å²) >= 11 is 0. The van der Waals surface area contributed by atoms with E-state index in [-0.39, 0.29) is 39.0 Å². The first-order valence-electron chi connectivity index (χ1n) is 15.2. The Bertz CT molecular complexity index is 917. The number of ether oxygens (including phenoxy) is 9. The SMILES string of the molecule is CC1CCO[C@@H](O[C@@H]2CO[C@@H](CO[C@@H]3CO[C@@H](O[C@@H]4COCC(O)C4O)C(O)C3O)C(O[C@@H]3O[C@@H](CO)C(O)C3O)C2O)C1O. The van der Waals surface area contributed by atoms with E-state index in [0.29, 0.717) is 13.0 Å². The van der Waals surface area contributed by atoms with E-state index in [4.69, 9.17) is 42.6 Å². The zero-order valence-electron chi connectivity index (χ0n) is 24.7. The summed E-state index contributed by atoms with van der Waals surface area (Å²) in [6.45, 7) is 0.666. The fourth-order valence-corrected chi connectivity index (χ4v) is 5.90. The number of aliphatic hydroxyl groups excluding tert-OH is 9. The Kier molecular flexibility index (Phi) is 12.4. The quantitative estimate of drug-likeness (QED) is 0.106. The summed E-state index contributed by atoms with van der Waals surface area (Å²) in [5.74, 6) is -0.116. The van der Waals surface area contributed by atoms with Crippen molar-refractivity contribution in [2.75, 3.05) is 46.2 Å². The lowest BCUT2D eigenvalue weighted by atomic mass is 9.97. The van der Waals surface area contributed by atoms with Gasteiger partial charge >= 0.3 is 0 Å². The molecule has 9 N–H and O–H groups in total. The maximum atomic E-state index is 11.3. The molecule has 5 rings (SSSR count). The fraction of sp³-hybridized carbons (Fsp3) is 1.00. The number of aliphatic hydroxyl groups is 9. The molecular formula is C27H46O18. The van der Waals surface area contributed by atoms with Crippen molar-refractivity contribution in [1.82, 2.24) is 0 Å². The third-order valence-electron chi connectivity index (χ3n) is 8.94. The lowest BCUT2D eigenvalue weighted by Crippen LogP contribution is -2.61. The van der Waals surface area contributed by atoms with Gasteiger partial charge in [0.25, 0.3) is 0 Å². The van der Waals surface area contributed by atoms with Gasteiger partial charge in [-0.3, -0.25) is 0 Å². The van der Waals surface area contributed by atoms with Crippen molar-refractivity contribution in [3.8, 4) is 0 Å². The standard InChI is InChI=1S/C27H46O18/c1-10-2-3-38-25(17(10)30)44-15-8-40-16(24(21(15)34)45-27-23(36)19(32)12(4-28)42-27)9-39-13-7-41-26(22(35)20(13)33)43-14-6-37-5-11(29)18(14)31/h10-36H,2-9H2,1H3/t10?,11?,12-,13+,14+,15+,16-,17?,18?,19?,20?,21?,22?,23?,24?,25-,26-,27-/m0/s1. The topological polar surface area (TPSA) is 265 Å². The molecule has 18 heteroatoms. The molecule has 0 aromatic heterocycles. The number of hydrogen-bond acceptors (Lipinski definition) is 18. The van der Waals surface area contributed by atoms with Gasteiger partial charge in [0.15, 0.2) is 18.9 Å². The predicted molar refractivity (Wildman–Crippen MR) is 142 cm³/mol. The number of rotatable bonds is 10. The molecule has 0 radical (unpaired) electrons. The molecule has 10 unspecified atom stereocenters. The summed E-state index contributed by atoms with van der Waals surface area (Å²) < 4.78 is 50.7. The van der Waals surface area contributed by atoms with Gasteiger partial charge in [0.2, 0.25) is 0 Å². The molecule has 0 spiro atoms. The van der Waals surface area contributed by atoms with Gasteiger partial charge in [0.1, 0.15) is 85.5 Å². The van der Waals surface area contributed by atoms with Crippen LogP contribution in [0.2, 0.25) is 0 Å². The van der Waals surface area contributed by atoms with Gasteiger partial charge in [0, 0.05) is 0 Å². The van der Waals surface area contributed by atoms with Crippen LogP contribution in [0, 0.1) is 5.92 Å². The normalized spacial score (nSPS) is 51.3. The summed E-state index contributed by atoms with van der Waals surface area (Å²) in [5, 5.41) is 93.3. The van der Waals surface area contributed by atoms with E-state index in [0.717, 1.165) is 0 Å². The first-order chi connectivity index (χ1) is 21.5. The maximum absolute atomic E-state index is 11.3. The minimum absolute atomic E-state index is 0.0609. The molecule has 0 saturated carbocycles. The molecule has 0 amide bonds. The average molecular weight is 659 g/mol. The van der Waals surface area contributed by atoms with Gasteiger partial charge in [-0.05, 0) is 12.3 Å². The van der Waals surface area contributed by atoms with E-state index in [1.807, 2.05) is 6.92 Å². The molecule has 0 aliphatic carbocycles. The molecule has 5 saturated heterocycles. The minimum Gasteiger partial charge on any atom is -0.394 e. The van der Waals surface area contributed by atoms with Crippen LogP contribution in [0.3, 0.4) is 0 Å². The van der Waals surface area contributed by atoms with Gasteiger partial charge in [0.05, 0.1) is 46.2 Å². The molecule has 5 aliphatic heterocycles. The Hall–Kier alpha value is -0.720. The zero-order valence-corrected chi connectivity index (χ0v) is 24.7. The summed E-state index contributed by atoms with van der Waals surface area (Å²) in [6.07, 6.45) is -21.0. The van der Waals surface area contributed by atoms with Gasteiger partial charge in [-0.15, -0.1) is 0 Å². The predicted octanol–water partition coefficient (Wildman–Crippen LogP) is -5.70. The van der Waals surface area contributed by atoms with Crippen LogP contribution in [-0.2, 0) is 42.6 Å². The van der Waals surface area contributed by atoms with E-state index in [9.17, 15) is 46.0 Å². The van der Waals surface area contributed by atoms with Crippen LogP contribution in [0.4, 0.5) is 0 Å². The van der Waals surface area contributed by atoms with E-state index in [1.165, 1.54) is 0 Å². The number of hydrogen-bond donors (Lipinski definition) is 9. The van der Waals surface area contributed by atoms with Crippen molar-refractivity contribution in [3.05, 3.63) is 0 Å². The van der Waals surface area contributed by atoms with Crippen LogP contribution >= 0.6 is 0 Å². The van der Waals surface area contributed by atoms with Crippen molar-refractivity contribution in [3.63, 3.8) is 0 Å². The lowest BCUT2D eigenvalue weighted by Gasteiger charge is -2.44. The Morgan fingerprint density at radius 2 is 1.27 bits per heavy atom. The second kappa shape index (κ2) is 15.7. The van der Waals surface area contributed by atoms with Crippen molar-refractivity contribution >= 4 is 0 Å². The van der Waals surface area contributed by atoms with Crippen molar-refractivity contribution < 1.29 is 88.6 Å². The molecule has 18 nitrogen and oxygen atoms in total. The molecule has 0 aromatic carbocycles. The molecule has 0 aromatic rings. The monoisotopic (exact) mass is 658 g/mol. The second-order valence-corrected chi connectivity index (χ2v) is 12.2. The third-order valence-corrected chi connectivity index (χ3v) is 8.94. The first-order valence-corrected chi connectivity index (χ1v) is 15.2. The van der Waals surface area contributed by atoms with Crippen molar-refractivity contribution in [1.29, 1.82) is 0 Å². The third kappa shape index (κ3) is 7.96. The first kappa shape index (κ1) is 35.6. The fourth-order valence-electron chi connectivity index (χ4n) is 5.90. The average Bonchev–Trinajstić information content (AvgIpc) is 3.30. The van der Waals surface area contributed by atoms with Crippen LogP contribution in [-0.4, -0.2) is 197 Å². The summed E-state index contributed by atoms with van der Waals surface area (Å²) in [5.41, 5.74) is 0. The van der Waals surface area contributed by atoms with Crippen LogP contribution in [0.25, 0.3) is 0 Å². The molecule has 5 fully saturated rings. The Morgan fingerprint density at radius 3 is 1.98 bits per heavy atom. The molecule has 45 heavy (non-hydrogen) atoms. The highest BCUT2D eigenvalue weighted by atomic mass is 16.7. The van der Waals surface area contributed by atoms with Crippen LogP contribution in [0.1, 0.15) is 13.3 Å².